The highest BCUT2D eigenvalue weighted by molar-refractivity contribution is 7.98. The lowest BCUT2D eigenvalue weighted by molar-refractivity contribution is 0.0826. The van der Waals surface area contributed by atoms with Crippen LogP contribution in [0.15, 0.2) is 53.4 Å². The molecule has 2 aliphatic rings. The van der Waals surface area contributed by atoms with E-state index in [0.717, 1.165) is 45.1 Å². The highest BCUT2D eigenvalue weighted by Gasteiger charge is 2.30. The van der Waals surface area contributed by atoms with Gasteiger partial charge < -0.3 is 4.74 Å². The number of nitrogens with zero attached hydrogens (tertiary/aromatic N) is 2. The van der Waals surface area contributed by atoms with Crippen molar-refractivity contribution >= 4 is 11.8 Å². The zero-order chi connectivity index (χ0) is 17.1. The summed E-state index contributed by atoms with van der Waals surface area (Å²) in [5.41, 5.74) is 4.45. The van der Waals surface area contributed by atoms with Gasteiger partial charge in [0.15, 0.2) is 0 Å². The highest BCUT2D eigenvalue weighted by atomic mass is 32.2. The van der Waals surface area contributed by atoms with E-state index in [1.54, 1.807) is 7.11 Å². The molecule has 2 heterocycles. The number of methoxy groups -OCH3 is 1. The molecule has 0 aliphatic carbocycles. The van der Waals surface area contributed by atoms with Crippen LogP contribution in [0.1, 0.15) is 22.7 Å². The summed E-state index contributed by atoms with van der Waals surface area (Å²) in [7, 11) is 1.79. The molecular formula is C21H26N2OS. The molecule has 0 bridgehead atoms. The fraction of sp³-hybridized carbons (Fsp3) is 0.429. The quantitative estimate of drug-likeness (QED) is 0.832. The minimum Gasteiger partial charge on any atom is -0.383 e. The van der Waals surface area contributed by atoms with Crippen molar-refractivity contribution in [1.82, 2.24) is 9.80 Å². The first-order valence-corrected chi connectivity index (χ1v) is 10.1. The topological polar surface area (TPSA) is 15.7 Å². The molecule has 1 atom stereocenters. The lowest BCUT2D eigenvalue weighted by Gasteiger charge is -2.40. The maximum absolute atomic E-state index is 5.24. The second kappa shape index (κ2) is 7.92. The van der Waals surface area contributed by atoms with E-state index in [0.29, 0.717) is 6.04 Å². The largest absolute Gasteiger partial charge is 0.383 e. The lowest BCUT2D eigenvalue weighted by atomic mass is 9.93. The maximum atomic E-state index is 5.24. The van der Waals surface area contributed by atoms with Gasteiger partial charge in [-0.3, -0.25) is 9.80 Å². The number of benzene rings is 2. The fourth-order valence-electron chi connectivity index (χ4n) is 3.95. The Hall–Kier alpha value is -1.33. The third-order valence-corrected chi connectivity index (χ3v) is 6.47. The van der Waals surface area contributed by atoms with Crippen molar-refractivity contribution in [2.24, 2.45) is 0 Å². The van der Waals surface area contributed by atoms with Crippen LogP contribution >= 0.6 is 11.8 Å². The number of piperazine rings is 1. The van der Waals surface area contributed by atoms with Crippen LogP contribution in [0.2, 0.25) is 0 Å². The number of ether oxygens (including phenoxy) is 1. The molecule has 3 nitrogen and oxygen atoms in total. The number of thioether (sulfide) groups is 1. The van der Waals surface area contributed by atoms with Crippen LogP contribution in [0.3, 0.4) is 0 Å². The van der Waals surface area contributed by atoms with E-state index in [1.165, 1.54) is 21.6 Å². The lowest BCUT2D eigenvalue weighted by Crippen LogP contribution is -2.48. The minimum atomic E-state index is 0.381. The molecular weight excluding hydrogens is 328 g/mol. The maximum Gasteiger partial charge on any atom is 0.0616 e. The molecule has 1 unspecified atom stereocenters. The zero-order valence-corrected chi connectivity index (χ0v) is 15.7. The molecule has 1 saturated heterocycles. The van der Waals surface area contributed by atoms with Gasteiger partial charge in [0.25, 0.3) is 0 Å². The van der Waals surface area contributed by atoms with E-state index < -0.39 is 0 Å². The van der Waals surface area contributed by atoms with Crippen LogP contribution in [0.25, 0.3) is 0 Å². The Balaban J connectivity index is 1.62. The Bertz CT molecular complexity index is 665. The van der Waals surface area contributed by atoms with E-state index in [4.69, 9.17) is 4.74 Å². The fourth-order valence-corrected chi connectivity index (χ4v) is 5.05. The van der Waals surface area contributed by atoms with Crippen molar-refractivity contribution in [2.45, 2.75) is 16.7 Å². The standard InChI is InChI=1S/C21H26N2OS/c1-24-15-14-22-10-12-23(13-11-22)21-18-7-3-2-6-17(18)16-25-20-9-5-4-8-19(20)21/h2-9,21H,10-16H2,1H3. The molecule has 0 N–H and O–H groups in total. The third kappa shape index (κ3) is 3.63. The smallest absolute Gasteiger partial charge is 0.0616 e. The monoisotopic (exact) mass is 354 g/mol. The van der Waals surface area contributed by atoms with E-state index in [-0.39, 0.29) is 0 Å². The molecule has 0 radical (unpaired) electrons. The molecule has 0 amide bonds. The summed E-state index contributed by atoms with van der Waals surface area (Å²) >= 11 is 1.98. The van der Waals surface area contributed by atoms with Gasteiger partial charge in [-0.1, -0.05) is 42.5 Å². The Morgan fingerprint density at radius 3 is 2.48 bits per heavy atom. The van der Waals surface area contributed by atoms with Gasteiger partial charge in [0, 0.05) is 50.5 Å². The Kier molecular flexibility index (Phi) is 5.42. The molecule has 0 aromatic heterocycles. The Morgan fingerprint density at radius 2 is 1.68 bits per heavy atom. The summed E-state index contributed by atoms with van der Waals surface area (Å²) in [6.07, 6.45) is 0. The van der Waals surface area contributed by atoms with Gasteiger partial charge >= 0.3 is 0 Å². The molecule has 25 heavy (non-hydrogen) atoms. The third-order valence-electron chi connectivity index (χ3n) is 5.33. The number of hydrogen-bond donors (Lipinski definition) is 0. The molecule has 4 heteroatoms. The average molecular weight is 355 g/mol. The van der Waals surface area contributed by atoms with Crippen molar-refractivity contribution in [1.29, 1.82) is 0 Å². The van der Waals surface area contributed by atoms with Crippen LogP contribution in [-0.4, -0.2) is 56.2 Å². The average Bonchev–Trinajstić information content (AvgIpc) is 2.84. The number of rotatable bonds is 4. The molecule has 2 aromatic carbocycles. The van der Waals surface area contributed by atoms with Crippen molar-refractivity contribution in [3.05, 3.63) is 65.2 Å². The van der Waals surface area contributed by atoms with Crippen molar-refractivity contribution in [3.8, 4) is 0 Å². The molecule has 1 fully saturated rings. The van der Waals surface area contributed by atoms with E-state index in [2.05, 4.69) is 58.3 Å². The summed E-state index contributed by atoms with van der Waals surface area (Å²) in [6.45, 7) is 6.34. The second-order valence-electron chi connectivity index (χ2n) is 6.80. The zero-order valence-electron chi connectivity index (χ0n) is 14.9. The van der Waals surface area contributed by atoms with E-state index >= 15 is 0 Å². The first-order chi connectivity index (χ1) is 12.4. The van der Waals surface area contributed by atoms with Crippen molar-refractivity contribution < 1.29 is 4.74 Å². The van der Waals surface area contributed by atoms with Gasteiger partial charge in [0.05, 0.1) is 12.6 Å². The number of fused-ring (bicyclic) bond motifs is 2. The van der Waals surface area contributed by atoms with Crippen LogP contribution in [0, 0.1) is 0 Å². The van der Waals surface area contributed by atoms with Gasteiger partial charge in [0.1, 0.15) is 0 Å². The van der Waals surface area contributed by atoms with Crippen LogP contribution < -0.4 is 0 Å². The van der Waals surface area contributed by atoms with Crippen molar-refractivity contribution in [2.75, 3.05) is 46.4 Å². The van der Waals surface area contributed by atoms with E-state index in [1.807, 2.05) is 11.8 Å². The summed E-state index contributed by atoms with van der Waals surface area (Å²) in [4.78, 5) is 6.63. The predicted molar refractivity (Wildman–Crippen MR) is 104 cm³/mol. The SMILES string of the molecule is COCCN1CCN(C2c3ccccc3CSc3ccccc32)CC1. The molecule has 4 rings (SSSR count). The summed E-state index contributed by atoms with van der Waals surface area (Å²) < 4.78 is 5.24. The highest BCUT2D eigenvalue weighted by Crippen LogP contribution is 2.42. The number of hydrogen-bond acceptors (Lipinski definition) is 4. The van der Waals surface area contributed by atoms with Gasteiger partial charge in [-0.2, -0.15) is 0 Å². The van der Waals surface area contributed by atoms with Crippen LogP contribution in [0.4, 0.5) is 0 Å². The first kappa shape index (κ1) is 17.1. The first-order valence-electron chi connectivity index (χ1n) is 9.11. The second-order valence-corrected chi connectivity index (χ2v) is 7.82. The van der Waals surface area contributed by atoms with Gasteiger partial charge in [-0.05, 0) is 22.8 Å². The Labute approximate surface area is 155 Å². The summed E-state index contributed by atoms with van der Waals surface area (Å²) in [6, 6.07) is 18.4. The van der Waals surface area contributed by atoms with Gasteiger partial charge in [-0.15, -0.1) is 11.8 Å². The van der Waals surface area contributed by atoms with E-state index in [9.17, 15) is 0 Å². The summed E-state index contributed by atoms with van der Waals surface area (Å²) in [5.74, 6) is 1.07. The molecule has 0 spiro atoms. The molecule has 132 valence electrons. The molecule has 2 aromatic rings. The molecule has 0 saturated carbocycles. The predicted octanol–water partition coefficient (Wildman–Crippen LogP) is 3.65. The normalized spacial score (nSPS) is 21.4. The van der Waals surface area contributed by atoms with Gasteiger partial charge in [0.2, 0.25) is 0 Å². The van der Waals surface area contributed by atoms with Crippen molar-refractivity contribution in [3.63, 3.8) is 0 Å². The summed E-state index contributed by atoms with van der Waals surface area (Å²) in [5, 5.41) is 0. The Morgan fingerprint density at radius 1 is 0.960 bits per heavy atom. The van der Waals surface area contributed by atoms with Gasteiger partial charge in [-0.25, -0.2) is 0 Å². The minimum absolute atomic E-state index is 0.381. The van der Waals surface area contributed by atoms with Crippen LogP contribution in [0.5, 0.6) is 0 Å². The molecule has 2 aliphatic heterocycles. The van der Waals surface area contributed by atoms with Crippen LogP contribution in [-0.2, 0) is 10.5 Å².